The number of benzene rings is 1. The summed E-state index contributed by atoms with van der Waals surface area (Å²) in [6.07, 6.45) is 1.81. The van der Waals surface area contributed by atoms with Crippen LogP contribution in [0.4, 0.5) is 0 Å². The third-order valence-corrected chi connectivity index (χ3v) is 2.68. The highest BCUT2D eigenvalue weighted by Crippen LogP contribution is 2.14. The van der Waals surface area contributed by atoms with Gasteiger partial charge in [-0.15, -0.1) is 5.10 Å². The zero-order valence-electron chi connectivity index (χ0n) is 10.1. The third kappa shape index (κ3) is 3.27. The first-order valence-corrected chi connectivity index (χ1v) is 5.92. The number of aldehydes is 1. The van der Waals surface area contributed by atoms with Gasteiger partial charge in [-0.05, 0) is 12.1 Å². The molecule has 2 aromatic rings. The van der Waals surface area contributed by atoms with Crippen LogP contribution >= 0.6 is 11.6 Å². The van der Waals surface area contributed by atoms with E-state index in [-0.39, 0.29) is 22.8 Å². The normalized spacial score (nSPS) is 10.1. The Morgan fingerprint density at radius 1 is 1.35 bits per heavy atom. The van der Waals surface area contributed by atoms with Crippen LogP contribution in [0, 0.1) is 0 Å². The van der Waals surface area contributed by atoms with E-state index < -0.39 is 11.8 Å². The Hall–Kier alpha value is -2.54. The topological polar surface area (TPSA) is 94.0 Å². The number of carbonyl (C=O) groups excluding carboxylic acids is 3. The Morgan fingerprint density at radius 3 is 2.75 bits per heavy atom. The highest BCUT2D eigenvalue weighted by molar-refractivity contribution is 6.34. The number of carbonyl (C=O) groups is 3. The largest absolute Gasteiger partial charge is 0.296 e. The molecule has 1 aromatic heterocycles. The lowest BCUT2D eigenvalue weighted by Gasteiger charge is -2.05. The van der Waals surface area contributed by atoms with E-state index in [1.54, 1.807) is 18.2 Å². The molecule has 1 heterocycles. The molecule has 0 saturated carbocycles. The van der Waals surface area contributed by atoms with E-state index in [1.807, 2.05) is 0 Å². The molecule has 0 radical (unpaired) electrons. The molecule has 1 N–H and O–H groups in total. The third-order valence-electron chi connectivity index (χ3n) is 2.35. The first-order valence-electron chi connectivity index (χ1n) is 5.54. The van der Waals surface area contributed by atoms with Crippen molar-refractivity contribution in [2.75, 3.05) is 0 Å². The van der Waals surface area contributed by atoms with Crippen molar-refractivity contribution in [3.05, 3.63) is 46.7 Å². The minimum atomic E-state index is -0.601. The number of hydrogen-bond donors (Lipinski definition) is 1. The minimum absolute atomic E-state index is 0.107. The molecular formula is C12H9ClN4O3. The van der Waals surface area contributed by atoms with E-state index in [2.05, 4.69) is 15.6 Å². The molecular weight excluding hydrogens is 284 g/mol. The van der Waals surface area contributed by atoms with Crippen LogP contribution in [-0.4, -0.2) is 33.1 Å². The van der Waals surface area contributed by atoms with Gasteiger partial charge in [-0.3, -0.25) is 19.7 Å². The average Bonchev–Trinajstić information content (AvgIpc) is 2.86. The molecule has 8 heteroatoms. The molecule has 0 atom stereocenters. The zero-order valence-corrected chi connectivity index (χ0v) is 10.9. The van der Waals surface area contributed by atoms with E-state index in [9.17, 15) is 14.4 Å². The van der Waals surface area contributed by atoms with Gasteiger partial charge in [-0.25, -0.2) is 4.68 Å². The number of imide groups is 1. The lowest BCUT2D eigenvalue weighted by Crippen LogP contribution is -2.33. The van der Waals surface area contributed by atoms with Crippen molar-refractivity contribution in [3.8, 4) is 0 Å². The van der Waals surface area contributed by atoms with Crippen LogP contribution in [0.1, 0.15) is 20.8 Å². The number of halogens is 1. The van der Waals surface area contributed by atoms with E-state index in [1.165, 1.54) is 12.3 Å². The van der Waals surface area contributed by atoms with Crippen LogP contribution in [0.2, 0.25) is 5.02 Å². The maximum Gasteiger partial charge on any atom is 0.259 e. The number of nitrogens with one attached hydrogen (secondary N) is 1. The predicted octanol–water partition coefficient (Wildman–Crippen LogP) is 0.701. The Labute approximate surface area is 118 Å². The fourth-order valence-electron chi connectivity index (χ4n) is 1.47. The van der Waals surface area contributed by atoms with Crippen LogP contribution in [0.15, 0.2) is 30.5 Å². The lowest BCUT2D eigenvalue weighted by molar-refractivity contribution is -0.120. The predicted molar refractivity (Wildman–Crippen MR) is 69.3 cm³/mol. The molecule has 1 aromatic carbocycles. The van der Waals surface area contributed by atoms with Gasteiger partial charge < -0.3 is 0 Å². The van der Waals surface area contributed by atoms with Crippen LogP contribution < -0.4 is 5.32 Å². The summed E-state index contributed by atoms with van der Waals surface area (Å²) in [4.78, 5) is 33.9. The van der Waals surface area contributed by atoms with Gasteiger partial charge in [-0.1, -0.05) is 28.9 Å². The summed E-state index contributed by atoms with van der Waals surface area (Å²) in [7, 11) is 0. The molecule has 0 aliphatic heterocycles. The summed E-state index contributed by atoms with van der Waals surface area (Å²) in [6.45, 7) is -0.225. The molecule has 2 rings (SSSR count). The molecule has 7 nitrogen and oxygen atoms in total. The fourth-order valence-corrected chi connectivity index (χ4v) is 1.69. The van der Waals surface area contributed by atoms with Gasteiger partial charge >= 0.3 is 0 Å². The van der Waals surface area contributed by atoms with Crippen molar-refractivity contribution in [1.29, 1.82) is 0 Å². The second-order valence-corrected chi connectivity index (χ2v) is 4.22. The van der Waals surface area contributed by atoms with Crippen LogP contribution in [0.5, 0.6) is 0 Å². The van der Waals surface area contributed by atoms with Crippen molar-refractivity contribution >= 4 is 29.7 Å². The van der Waals surface area contributed by atoms with Gasteiger partial charge in [0.2, 0.25) is 5.91 Å². The fraction of sp³-hybridized carbons (Fsp3) is 0.0833. The molecule has 0 aliphatic carbocycles. The molecule has 20 heavy (non-hydrogen) atoms. The molecule has 0 fully saturated rings. The summed E-state index contributed by atoms with van der Waals surface area (Å²) in [5.74, 6) is -1.19. The number of hydrogen-bond acceptors (Lipinski definition) is 5. The van der Waals surface area contributed by atoms with E-state index >= 15 is 0 Å². The molecule has 0 saturated heterocycles. The minimum Gasteiger partial charge on any atom is -0.296 e. The number of rotatable bonds is 4. The number of nitrogens with zero attached hydrogens (tertiary/aromatic N) is 3. The lowest BCUT2D eigenvalue weighted by atomic mass is 10.2. The summed E-state index contributed by atoms with van der Waals surface area (Å²) in [6, 6.07) is 6.37. The van der Waals surface area contributed by atoms with Gasteiger partial charge in [0.1, 0.15) is 12.2 Å². The van der Waals surface area contributed by atoms with Crippen molar-refractivity contribution in [1.82, 2.24) is 20.3 Å². The van der Waals surface area contributed by atoms with Gasteiger partial charge in [0.15, 0.2) is 6.29 Å². The zero-order chi connectivity index (χ0) is 14.5. The average molecular weight is 293 g/mol. The van der Waals surface area contributed by atoms with Crippen molar-refractivity contribution in [3.63, 3.8) is 0 Å². The summed E-state index contributed by atoms with van der Waals surface area (Å²) >= 11 is 5.85. The van der Waals surface area contributed by atoms with Gasteiger partial charge in [0, 0.05) is 0 Å². The van der Waals surface area contributed by atoms with Gasteiger partial charge in [-0.2, -0.15) is 0 Å². The Kier molecular flexibility index (Phi) is 4.21. The SMILES string of the molecule is O=Cc1cn(CC(=O)NC(=O)c2ccccc2Cl)nn1. The van der Waals surface area contributed by atoms with Crippen LogP contribution in [0.3, 0.4) is 0 Å². The second kappa shape index (κ2) is 6.07. The van der Waals surface area contributed by atoms with Crippen molar-refractivity contribution in [2.45, 2.75) is 6.54 Å². The maximum absolute atomic E-state index is 11.8. The summed E-state index contributed by atoms with van der Waals surface area (Å²) in [5, 5.41) is 9.49. The first kappa shape index (κ1) is 13.9. The Morgan fingerprint density at radius 2 is 2.10 bits per heavy atom. The second-order valence-electron chi connectivity index (χ2n) is 3.82. The monoisotopic (exact) mass is 292 g/mol. The Bertz CT molecular complexity index is 668. The highest BCUT2D eigenvalue weighted by Gasteiger charge is 2.14. The van der Waals surface area contributed by atoms with Gasteiger partial charge in [0.05, 0.1) is 16.8 Å². The summed E-state index contributed by atoms with van der Waals surface area (Å²) < 4.78 is 1.15. The van der Waals surface area contributed by atoms with Gasteiger partial charge in [0.25, 0.3) is 5.91 Å². The van der Waals surface area contributed by atoms with Crippen LogP contribution in [-0.2, 0) is 11.3 Å². The number of aromatic nitrogens is 3. The maximum atomic E-state index is 11.8. The molecule has 0 unspecified atom stereocenters. The van der Waals surface area contributed by atoms with Crippen molar-refractivity contribution in [2.24, 2.45) is 0 Å². The standard InChI is InChI=1S/C12H9ClN4O3/c13-10-4-2-1-3-9(10)12(20)14-11(19)6-17-5-8(7-18)15-16-17/h1-5,7H,6H2,(H,14,19,20). The number of amides is 2. The Balaban J connectivity index is 1.99. The van der Waals surface area contributed by atoms with E-state index in [0.29, 0.717) is 6.29 Å². The molecule has 102 valence electrons. The first-order chi connectivity index (χ1) is 9.60. The molecule has 2 amide bonds. The quantitative estimate of drug-likeness (QED) is 0.837. The van der Waals surface area contributed by atoms with E-state index in [4.69, 9.17) is 11.6 Å². The smallest absolute Gasteiger partial charge is 0.259 e. The van der Waals surface area contributed by atoms with E-state index in [0.717, 1.165) is 4.68 Å². The van der Waals surface area contributed by atoms with Crippen molar-refractivity contribution < 1.29 is 14.4 Å². The summed E-state index contributed by atoms with van der Waals surface area (Å²) in [5.41, 5.74) is 0.310. The molecule has 0 spiro atoms. The molecule has 0 bridgehead atoms. The highest BCUT2D eigenvalue weighted by atomic mass is 35.5. The molecule has 0 aliphatic rings. The van der Waals surface area contributed by atoms with Crippen LogP contribution in [0.25, 0.3) is 0 Å².